The van der Waals surface area contributed by atoms with E-state index < -0.39 is 6.23 Å². The number of aliphatic hydroxyl groups excluding tert-OH is 1. The highest BCUT2D eigenvalue weighted by atomic mass is 16.5. The Labute approximate surface area is 302 Å². The van der Waals surface area contributed by atoms with Crippen LogP contribution in [-0.2, 0) is 0 Å². The molecule has 6 rings (SSSR count). The third-order valence-electron chi connectivity index (χ3n) is 11.1. The number of benzene rings is 2. The molecular formula is C41H54N4O6. The van der Waals surface area contributed by atoms with Crippen molar-refractivity contribution in [2.75, 3.05) is 45.4 Å². The molecule has 2 fully saturated rings. The van der Waals surface area contributed by atoms with Crippen LogP contribution < -0.4 is 19.1 Å². The summed E-state index contributed by atoms with van der Waals surface area (Å²) in [5, 5.41) is 11.2. The number of aryl methyl sites for hydroxylation is 1. The van der Waals surface area contributed by atoms with Crippen molar-refractivity contribution >= 4 is 29.4 Å². The number of hydrogen-bond acceptors (Lipinski definition) is 8. The maximum absolute atomic E-state index is 13.6. The summed E-state index contributed by atoms with van der Waals surface area (Å²) in [6, 6.07) is 7.02. The smallest absolute Gasteiger partial charge is 0.257 e. The zero-order valence-corrected chi connectivity index (χ0v) is 31.4. The average Bonchev–Trinajstić information content (AvgIpc) is 3.39. The van der Waals surface area contributed by atoms with Crippen molar-refractivity contribution < 1.29 is 28.9 Å². The van der Waals surface area contributed by atoms with Crippen molar-refractivity contribution in [3.05, 3.63) is 65.3 Å². The molecule has 2 aromatic rings. The molecule has 0 radical (unpaired) electrons. The first-order valence-electron chi connectivity index (χ1n) is 18.1. The Morgan fingerprint density at radius 2 is 1.59 bits per heavy atom. The number of hydrogen-bond donors (Lipinski definition) is 1. The molecule has 0 aliphatic carbocycles. The zero-order valence-electron chi connectivity index (χ0n) is 31.4. The Bertz CT molecular complexity index is 1760. The summed E-state index contributed by atoms with van der Waals surface area (Å²) in [7, 11) is 3.43. The lowest BCUT2D eigenvalue weighted by molar-refractivity contribution is 0.0337. The first kappa shape index (κ1) is 36.5. The van der Waals surface area contributed by atoms with E-state index in [2.05, 4.69) is 45.8 Å². The van der Waals surface area contributed by atoms with Crippen LogP contribution in [0.4, 0.5) is 11.4 Å². The van der Waals surface area contributed by atoms with Crippen molar-refractivity contribution in [1.29, 1.82) is 0 Å². The molecule has 1 N–H and O–H groups in total. The number of anilines is 1. The highest BCUT2D eigenvalue weighted by Gasteiger charge is 2.41. The first-order chi connectivity index (χ1) is 24.1. The zero-order chi connectivity index (χ0) is 36.8. The van der Waals surface area contributed by atoms with Crippen molar-refractivity contribution in [2.45, 2.75) is 91.5 Å². The number of aliphatic imine (C=N–C) groups is 1. The van der Waals surface area contributed by atoms with Gasteiger partial charge in [-0.15, -0.1) is 0 Å². The van der Waals surface area contributed by atoms with Crippen molar-refractivity contribution in [3.63, 3.8) is 0 Å². The number of piperidine rings is 1. The molecule has 51 heavy (non-hydrogen) atoms. The number of rotatable bonds is 11. The number of carbonyl (C=O) groups excluding carboxylic acids is 2. The molecule has 2 saturated heterocycles. The standard InChI is InChI=1S/C41H54N4O6/c1-25-10-11-32-39(48)43(8)33-20-34(27(3)17-30(33)38(47)45(32)22-25)50-15-14-40(4,5)12-13-41(6,7)24-51-36-19-31-29(18-35(36)49-9)37(46)44-23-26(2)16-28(44)21-42-31/h17-21,28,32,39,48H,1-2,10-16,22-24H2,3-9H3/t28-,32?,39-/m0/s1. The highest BCUT2D eigenvalue weighted by Crippen LogP contribution is 2.41. The van der Waals surface area contributed by atoms with E-state index in [1.807, 2.05) is 43.3 Å². The molecule has 2 aromatic carbocycles. The van der Waals surface area contributed by atoms with Crippen LogP contribution >= 0.6 is 0 Å². The van der Waals surface area contributed by atoms with Crippen LogP contribution in [0.3, 0.4) is 0 Å². The molecule has 0 spiro atoms. The van der Waals surface area contributed by atoms with Crippen molar-refractivity contribution in [1.82, 2.24) is 9.80 Å². The van der Waals surface area contributed by atoms with Crippen LogP contribution in [0.5, 0.6) is 17.2 Å². The number of nitrogens with zero attached hydrogens (tertiary/aromatic N) is 4. The van der Waals surface area contributed by atoms with Gasteiger partial charge in [0.1, 0.15) is 12.0 Å². The maximum Gasteiger partial charge on any atom is 0.257 e. The van der Waals surface area contributed by atoms with Gasteiger partial charge >= 0.3 is 0 Å². The van der Waals surface area contributed by atoms with Crippen LogP contribution in [0.2, 0.25) is 0 Å². The molecule has 3 atom stereocenters. The summed E-state index contributed by atoms with van der Waals surface area (Å²) in [6.45, 7) is 21.1. The number of likely N-dealkylation sites (N-methyl/N-ethyl adjacent to an activating group) is 1. The second-order valence-electron chi connectivity index (χ2n) is 16.4. The van der Waals surface area contributed by atoms with Gasteiger partial charge in [-0.05, 0) is 74.0 Å². The Balaban J connectivity index is 1.05. The van der Waals surface area contributed by atoms with Gasteiger partial charge in [-0.3, -0.25) is 14.6 Å². The van der Waals surface area contributed by atoms with E-state index in [1.165, 1.54) is 0 Å². The Kier molecular flexibility index (Phi) is 10.0. The van der Waals surface area contributed by atoms with Gasteiger partial charge in [-0.1, -0.05) is 52.0 Å². The fourth-order valence-corrected chi connectivity index (χ4v) is 7.52. The Morgan fingerprint density at radius 1 is 0.882 bits per heavy atom. The van der Waals surface area contributed by atoms with Gasteiger partial charge in [-0.2, -0.15) is 0 Å². The average molecular weight is 699 g/mol. The van der Waals surface area contributed by atoms with Crippen LogP contribution in [0.25, 0.3) is 0 Å². The van der Waals surface area contributed by atoms with Crippen LogP contribution in [0.15, 0.2) is 53.6 Å². The maximum atomic E-state index is 13.6. The monoisotopic (exact) mass is 698 g/mol. The minimum atomic E-state index is -0.806. The third-order valence-corrected chi connectivity index (χ3v) is 11.1. The number of methoxy groups -OCH3 is 1. The molecule has 0 bridgehead atoms. The second-order valence-corrected chi connectivity index (χ2v) is 16.4. The van der Waals surface area contributed by atoms with Crippen LogP contribution in [0, 0.1) is 17.8 Å². The molecule has 2 amide bonds. The number of ether oxygens (including phenoxy) is 3. The molecule has 10 heteroatoms. The molecule has 0 aromatic heterocycles. The molecular weight excluding hydrogens is 644 g/mol. The lowest BCUT2D eigenvalue weighted by Crippen LogP contribution is -2.53. The van der Waals surface area contributed by atoms with Gasteiger partial charge < -0.3 is 34.0 Å². The molecule has 10 nitrogen and oxygen atoms in total. The third kappa shape index (κ3) is 7.52. The SMILES string of the molecule is C=C1CCC2[C@H](O)N(C)c3cc(OCCC(C)(C)CCC(C)(C)COc4cc5c(cc4OC)C(=O)N4CC(=C)C[C@H]4C=N5)c(C)cc3C(=O)N2C1. The topological polar surface area (TPSA) is 104 Å². The van der Waals surface area contributed by atoms with E-state index in [-0.39, 0.29) is 34.7 Å². The van der Waals surface area contributed by atoms with Gasteiger partial charge in [0.05, 0.1) is 54.9 Å². The predicted molar refractivity (Wildman–Crippen MR) is 201 cm³/mol. The van der Waals surface area contributed by atoms with Gasteiger partial charge in [0, 0.05) is 38.5 Å². The summed E-state index contributed by atoms with van der Waals surface area (Å²) in [4.78, 5) is 37.0. The summed E-state index contributed by atoms with van der Waals surface area (Å²) in [5.74, 6) is 1.68. The normalized spacial score (nSPS) is 21.9. The van der Waals surface area contributed by atoms with E-state index in [4.69, 9.17) is 14.2 Å². The van der Waals surface area contributed by atoms with E-state index in [1.54, 1.807) is 23.0 Å². The van der Waals surface area contributed by atoms with Crippen molar-refractivity contribution in [3.8, 4) is 17.2 Å². The first-order valence-corrected chi connectivity index (χ1v) is 18.1. The van der Waals surface area contributed by atoms with Crippen LogP contribution in [-0.4, -0.2) is 91.7 Å². The molecule has 0 saturated carbocycles. The van der Waals surface area contributed by atoms with Gasteiger partial charge in [0.2, 0.25) is 0 Å². The number of fused-ring (bicyclic) bond motifs is 4. The van der Waals surface area contributed by atoms with Crippen LogP contribution in [0.1, 0.15) is 92.5 Å². The molecule has 4 aliphatic rings. The number of amides is 2. The van der Waals surface area contributed by atoms with Gasteiger partial charge in [0.25, 0.3) is 11.8 Å². The lowest BCUT2D eigenvalue weighted by atomic mass is 9.78. The van der Waals surface area contributed by atoms with Gasteiger partial charge in [0.15, 0.2) is 11.5 Å². The predicted octanol–water partition coefficient (Wildman–Crippen LogP) is 7.10. The quantitative estimate of drug-likeness (QED) is 0.250. The summed E-state index contributed by atoms with van der Waals surface area (Å²) in [5.41, 5.74) is 5.18. The summed E-state index contributed by atoms with van der Waals surface area (Å²) in [6.07, 6.45) is 6.00. The molecule has 4 aliphatic heterocycles. The Morgan fingerprint density at radius 3 is 2.33 bits per heavy atom. The van der Waals surface area contributed by atoms with E-state index in [0.717, 1.165) is 54.6 Å². The number of aliphatic hydroxyl groups is 1. The summed E-state index contributed by atoms with van der Waals surface area (Å²) >= 11 is 0. The largest absolute Gasteiger partial charge is 0.493 e. The van der Waals surface area contributed by atoms with Crippen molar-refractivity contribution in [2.24, 2.45) is 15.8 Å². The fourth-order valence-electron chi connectivity index (χ4n) is 7.52. The van der Waals surface area contributed by atoms with E-state index in [0.29, 0.717) is 66.7 Å². The Hall–Kier alpha value is -4.31. The molecule has 1 unspecified atom stereocenters. The second kappa shape index (κ2) is 14.0. The molecule has 4 heterocycles. The minimum absolute atomic E-state index is 0.000716. The highest BCUT2D eigenvalue weighted by molar-refractivity contribution is 6.04. The van der Waals surface area contributed by atoms with E-state index >= 15 is 0 Å². The minimum Gasteiger partial charge on any atom is -0.493 e. The van der Waals surface area contributed by atoms with E-state index in [9.17, 15) is 14.7 Å². The lowest BCUT2D eigenvalue weighted by Gasteiger charge is -2.39. The summed E-state index contributed by atoms with van der Waals surface area (Å²) < 4.78 is 18.4. The fraction of sp³-hybridized carbons (Fsp3) is 0.537. The molecule has 274 valence electrons. The van der Waals surface area contributed by atoms with Gasteiger partial charge in [-0.25, -0.2) is 0 Å². The number of carbonyl (C=O) groups is 2.